The second-order valence-corrected chi connectivity index (χ2v) is 2.82. The van der Waals surface area contributed by atoms with E-state index in [4.69, 9.17) is 5.26 Å². The van der Waals surface area contributed by atoms with Crippen LogP contribution in [-0.2, 0) is 4.79 Å². The summed E-state index contributed by atoms with van der Waals surface area (Å²) in [6.45, 7) is 2.44. The Balaban J connectivity index is 2.44. The van der Waals surface area contributed by atoms with Crippen LogP contribution in [0.2, 0.25) is 0 Å². The molecule has 0 unspecified atom stereocenters. The van der Waals surface area contributed by atoms with Crippen LogP contribution in [0.25, 0.3) is 0 Å². The van der Waals surface area contributed by atoms with Crippen molar-refractivity contribution in [2.75, 3.05) is 18.4 Å². The van der Waals surface area contributed by atoms with Gasteiger partial charge in [0.15, 0.2) is 5.82 Å². The molecule has 0 aromatic carbocycles. The van der Waals surface area contributed by atoms with E-state index >= 15 is 0 Å². The van der Waals surface area contributed by atoms with Crippen LogP contribution in [0.5, 0.6) is 0 Å². The Hall–Kier alpha value is -2.16. The molecule has 0 atom stereocenters. The van der Waals surface area contributed by atoms with Crippen LogP contribution in [0.3, 0.4) is 0 Å². The average Bonchev–Trinajstić information content (AvgIpc) is 2.24. The predicted molar refractivity (Wildman–Crippen MR) is 53.9 cm³/mol. The fourth-order valence-electron chi connectivity index (χ4n) is 0.972. The summed E-state index contributed by atoms with van der Waals surface area (Å²) >= 11 is 0. The first kappa shape index (κ1) is 10.9. The Morgan fingerprint density at radius 3 is 3.07 bits per heavy atom. The quantitative estimate of drug-likeness (QED) is 0.669. The first-order valence-electron chi connectivity index (χ1n) is 4.44. The number of carbonyl (C=O) groups excluding carboxylic acids is 1. The molecule has 6 nitrogen and oxygen atoms in total. The number of carbonyl (C=O) groups is 1. The van der Waals surface area contributed by atoms with Crippen LogP contribution in [0.15, 0.2) is 12.3 Å². The lowest BCUT2D eigenvalue weighted by atomic mass is 10.3. The van der Waals surface area contributed by atoms with Gasteiger partial charge in [0.05, 0.1) is 11.8 Å². The second-order valence-electron chi connectivity index (χ2n) is 2.82. The van der Waals surface area contributed by atoms with Gasteiger partial charge in [-0.1, -0.05) is 0 Å². The van der Waals surface area contributed by atoms with E-state index in [9.17, 15) is 4.79 Å². The Bertz CT molecular complexity index is 384. The molecule has 0 fully saturated rings. The van der Waals surface area contributed by atoms with Crippen molar-refractivity contribution < 1.29 is 4.79 Å². The first-order chi connectivity index (χ1) is 7.24. The van der Waals surface area contributed by atoms with Gasteiger partial charge < -0.3 is 10.6 Å². The molecule has 0 saturated carbocycles. The van der Waals surface area contributed by atoms with Crippen molar-refractivity contribution in [3.63, 3.8) is 0 Å². The Kier molecular flexibility index (Phi) is 4.04. The number of nitrogens with zero attached hydrogens (tertiary/aromatic N) is 3. The van der Waals surface area contributed by atoms with Crippen molar-refractivity contribution in [1.29, 1.82) is 5.26 Å². The maximum absolute atomic E-state index is 10.6. The van der Waals surface area contributed by atoms with Crippen molar-refractivity contribution in [2.45, 2.75) is 6.92 Å². The maximum atomic E-state index is 10.6. The molecule has 1 aromatic rings. The SMILES string of the molecule is CC(=O)NCCNc1nnccc1C#N. The van der Waals surface area contributed by atoms with E-state index in [2.05, 4.69) is 20.8 Å². The highest BCUT2D eigenvalue weighted by atomic mass is 16.1. The molecule has 1 rings (SSSR count). The Morgan fingerprint density at radius 2 is 2.40 bits per heavy atom. The van der Waals surface area contributed by atoms with E-state index < -0.39 is 0 Å². The molecule has 15 heavy (non-hydrogen) atoms. The zero-order valence-electron chi connectivity index (χ0n) is 8.32. The Labute approximate surface area is 87.3 Å². The van der Waals surface area contributed by atoms with Crippen molar-refractivity contribution in [3.8, 4) is 6.07 Å². The molecule has 0 aliphatic carbocycles. The summed E-state index contributed by atoms with van der Waals surface area (Å²) in [5.74, 6) is 0.349. The lowest BCUT2D eigenvalue weighted by molar-refractivity contribution is -0.118. The van der Waals surface area contributed by atoms with Gasteiger partial charge in [-0.2, -0.15) is 10.4 Å². The summed E-state index contributed by atoms with van der Waals surface area (Å²) in [6, 6.07) is 3.57. The molecule has 78 valence electrons. The van der Waals surface area contributed by atoms with Crippen LogP contribution in [0.1, 0.15) is 12.5 Å². The lowest BCUT2D eigenvalue weighted by Crippen LogP contribution is -2.26. The summed E-state index contributed by atoms with van der Waals surface area (Å²) in [5, 5.41) is 21.7. The van der Waals surface area contributed by atoms with E-state index in [1.165, 1.54) is 13.1 Å². The molecule has 0 bridgehead atoms. The van der Waals surface area contributed by atoms with E-state index in [0.717, 1.165) is 0 Å². The monoisotopic (exact) mass is 205 g/mol. The number of hydrogen-bond donors (Lipinski definition) is 2. The highest BCUT2D eigenvalue weighted by Gasteiger charge is 2.01. The molecule has 0 spiro atoms. The zero-order valence-corrected chi connectivity index (χ0v) is 8.32. The summed E-state index contributed by atoms with van der Waals surface area (Å²) in [7, 11) is 0. The summed E-state index contributed by atoms with van der Waals surface area (Å²) in [6.07, 6.45) is 1.46. The predicted octanol–water partition coefficient (Wildman–Crippen LogP) is -0.104. The highest BCUT2D eigenvalue weighted by Crippen LogP contribution is 2.06. The van der Waals surface area contributed by atoms with Crippen LogP contribution < -0.4 is 10.6 Å². The first-order valence-corrected chi connectivity index (χ1v) is 4.44. The standard InChI is InChI=1S/C9H11N5O/c1-7(15)11-4-5-12-9-8(6-10)2-3-13-14-9/h2-3H,4-5H2,1H3,(H,11,15)(H,12,14). The molecule has 2 N–H and O–H groups in total. The third kappa shape index (κ3) is 3.60. The van der Waals surface area contributed by atoms with Crippen LogP contribution in [0.4, 0.5) is 5.82 Å². The highest BCUT2D eigenvalue weighted by molar-refractivity contribution is 5.72. The molecule has 1 amide bonds. The lowest BCUT2D eigenvalue weighted by Gasteiger charge is -2.05. The molecule has 0 aliphatic rings. The largest absolute Gasteiger partial charge is 0.366 e. The van der Waals surface area contributed by atoms with E-state index in [1.807, 2.05) is 6.07 Å². The second kappa shape index (κ2) is 5.54. The van der Waals surface area contributed by atoms with Gasteiger partial charge in [-0.3, -0.25) is 4.79 Å². The number of amides is 1. The van der Waals surface area contributed by atoms with Crippen LogP contribution in [-0.4, -0.2) is 29.2 Å². The van der Waals surface area contributed by atoms with Gasteiger partial charge in [0.2, 0.25) is 5.91 Å². The molecular formula is C9H11N5O. The third-order valence-electron chi connectivity index (χ3n) is 1.63. The number of aromatic nitrogens is 2. The van der Waals surface area contributed by atoms with Crippen molar-refractivity contribution in [1.82, 2.24) is 15.5 Å². The summed E-state index contributed by atoms with van der Waals surface area (Å²) in [5.41, 5.74) is 0.438. The minimum atomic E-state index is -0.0866. The van der Waals surface area contributed by atoms with E-state index in [1.54, 1.807) is 6.07 Å². The van der Waals surface area contributed by atoms with Crippen LogP contribution >= 0.6 is 0 Å². The van der Waals surface area contributed by atoms with Gasteiger partial charge in [0, 0.05) is 20.0 Å². The fraction of sp³-hybridized carbons (Fsp3) is 0.333. The van der Waals surface area contributed by atoms with Crippen LogP contribution in [0, 0.1) is 11.3 Å². The molecule has 1 aromatic heterocycles. The molecule has 0 saturated heterocycles. The van der Waals surface area contributed by atoms with E-state index in [0.29, 0.717) is 24.5 Å². The molecule has 0 radical (unpaired) electrons. The molecule has 0 aliphatic heterocycles. The summed E-state index contributed by atoms with van der Waals surface area (Å²) in [4.78, 5) is 10.6. The minimum Gasteiger partial charge on any atom is -0.366 e. The molecular weight excluding hydrogens is 194 g/mol. The van der Waals surface area contributed by atoms with Gasteiger partial charge in [-0.25, -0.2) is 0 Å². The van der Waals surface area contributed by atoms with Crippen molar-refractivity contribution in [3.05, 3.63) is 17.8 Å². The van der Waals surface area contributed by atoms with Gasteiger partial charge in [-0.05, 0) is 6.07 Å². The van der Waals surface area contributed by atoms with Crippen molar-refractivity contribution >= 4 is 11.7 Å². The number of rotatable bonds is 4. The van der Waals surface area contributed by atoms with Gasteiger partial charge >= 0.3 is 0 Å². The minimum absolute atomic E-state index is 0.0866. The average molecular weight is 205 g/mol. The van der Waals surface area contributed by atoms with E-state index in [-0.39, 0.29) is 5.91 Å². The van der Waals surface area contributed by atoms with Gasteiger partial charge in [-0.15, -0.1) is 5.10 Å². The van der Waals surface area contributed by atoms with Gasteiger partial charge in [0.1, 0.15) is 6.07 Å². The topological polar surface area (TPSA) is 90.7 Å². The zero-order chi connectivity index (χ0) is 11.1. The number of nitrogens with one attached hydrogen (secondary N) is 2. The Morgan fingerprint density at radius 1 is 1.60 bits per heavy atom. The molecule has 1 heterocycles. The normalized spacial score (nSPS) is 9.07. The smallest absolute Gasteiger partial charge is 0.216 e. The third-order valence-corrected chi connectivity index (χ3v) is 1.63. The summed E-state index contributed by atoms with van der Waals surface area (Å²) < 4.78 is 0. The van der Waals surface area contributed by atoms with Gasteiger partial charge in [0.25, 0.3) is 0 Å². The maximum Gasteiger partial charge on any atom is 0.216 e. The number of hydrogen-bond acceptors (Lipinski definition) is 5. The molecule has 6 heteroatoms. The number of nitriles is 1. The number of anilines is 1. The fourth-order valence-corrected chi connectivity index (χ4v) is 0.972. The van der Waals surface area contributed by atoms with Crippen molar-refractivity contribution in [2.24, 2.45) is 0 Å².